The number of phosphoric ester groups is 1. The van der Waals surface area contributed by atoms with E-state index in [2.05, 4.69) is 15.0 Å². The number of ether oxygens (including phenoxy) is 2. The van der Waals surface area contributed by atoms with E-state index in [1.54, 1.807) is 22.8 Å². The lowest BCUT2D eigenvalue weighted by atomic mass is 9.84. The summed E-state index contributed by atoms with van der Waals surface area (Å²) >= 11 is 0. The number of methoxy groups -OCH3 is 1. The molecule has 3 heterocycles. The van der Waals surface area contributed by atoms with E-state index in [0.717, 1.165) is 0 Å². The molecule has 0 spiro atoms. The number of fused-ring (bicyclic) bond motifs is 1. The molecule has 1 fully saturated rings. The second kappa shape index (κ2) is 11.0. The van der Waals surface area contributed by atoms with Gasteiger partial charge in [0.05, 0.1) is 23.4 Å². The molecular weight excluding hydrogens is 519 g/mol. The summed E-state index contributed by atoms with van der Waals surface area (Å²) < 4.78 is 44.2. The van der Waals surface area contributed by atoms with E-state index in [1.165, 1.54) is 32.9 Å². The lowest BCUT2D eigenvalue weighted by molar-refractivity contribution is -0.386. The molecule has 5 atom stereocenters. The second-order valence-corrected chi connectivity index (χ2v) is 11.5. The first-order valence-corrected chi connectivity index (χ1v) is 13.3. The number of phosphoric acid groups is 1. The van der Waals surface area contributed by atoms with Gasteiger partial charge in [-0.25, -0.2) is 19.5 Å². The molecule has 15 heteroatoms. The van der Waals surface area contributed by atoms with Crippen LogP contribution in [0.4, 0.5) is 11.5 Å². The Morgan fingerprint density at radius 3 is 2.66 bits per heavy atom. The van der Waals surface area contributed by atoms with Gasteiger partial charge in [-0.05, 0) is 11.5 Å². The number of nitrogens with two attached hydrogens (primary N) is 1. The number of imidazole rings is 1. The third-order valence-corrected chi connectivity index (χ3v) is 7.58. The van der Waals surface area contributed by atoms with Crippen LogP contribution in [-0.4, -0.2) is 57.5 Å². The van der Waals surface area contributed by atoms with Gasteiger partial charge in [-0.15, -0.1) is 0 Å². The number of nitrogen functional groups attached to an aromatic ring is 1. The van der Waals surface area contributed by atoms with Gasteiger partial charge in [0.1, 0.15) is 36.4 Å². The van der Waals surface area contributed by atoms with Gasteiger partial charge in [-0.2, -0.15) is 0 Å². The molecule has 1 saturated heterocycles. The Labute approximate surface area is 219 Å². The Morgan fingerprint density at radius 1 is 1.26 bits per heavy atom. The van der Waals surface area contributed by atoms with E-state index in [4.69, 9.17) is 28.8 Å². The first-order chi connectivity index (χ1) is 18.0. The van der Waals surface area contributed by atoms with E-state index in [9.17, 15) is 14.7 Å². The van der Waals surface area contributed by atoms with Gasteiger partial charge < -0.3 is 15.2 Å². The summed E-state index contributed by atoms with van der Waals surface area (Å²) in [7, 11) is -1.57. The van der Waals surface area contributed by atoms with Crippen molar-refractivity contribution in [2.75, 3.05) is 26.6 Å². The maximum absolute atomic E-state index is 13.9. The molecule has 2 N–H and O–H groups in total. The summed E-state index contributed by atoms with van der Waals surface area (Å²) in [4.78, 5) is 23.7. The predicted molar refractivity (Wildman–Crippen MR) is 136 cm³/mol. The number of hydrogen-bond donors (Lipinski definition) is 1. The fraction of sp³-hybridized carbons (Fsp3) is 0.522. The minimum Gasteiger partial charge on any atom is -0.382 e. The van der Waals surface area contributed by atoms with E-state index < -0.39 is 42.7 Å². The standard InChI is InChI=1S/C23H31N6O8P/c1-23(2,3)20(14-8-6-7-9-15(14)29(30)31)37-38(32,34-5)36-16-10-18(35-17(16)11-33-4)28-13-27-19-21(24)25-12-26-22(19)28/h6-9,12-13,16-18,20H,10-11H2,1-5H3,(H2,24,25,26)/t16?,17-,18-,20?,38?/m1/s1. The first kappa shape index (κ1) is 28.0. The Bertz CT molecular complexity index is 1340. The van der Waals surface area contributed by atoms with Crippen molar-refractivity contribution in [1.29, 1.82) is 0 Å². The van der Waals surface area contributed by atoms with Crippen molar-refractivity contribution in [3.05, 3.63) is 52.6 Å². The average molecular weight is 551 g/mol. The van der Waals surface area contributed by atoms with E-state index in [-0.39, 0.29) is 30.1 Å². The zero-order chi connectivity index (χ0) is 27.7. The number of benzene rings is 1. The van der Waals surface area contributed by atoms with Gasteiger partial charge in [-0.3, -0.25) is 28.3 Å². The monoisotopic (exact) mass is 550 g/mol. The molecule has 0 bridgehead atoms. The first-order valence-electron chi connectivity index (χ1n) is 11.8. The highest BCUT2D eigenvalue weighted by Gasteiger charge is 2.46. The molecule has 3 aromatic rings. The van der Waals surface area contributed by atoms with Crippen LogP contribution in [0, 0.1) is 15.5 Å². The van der Waals surface area contributed by atoms with Gasteiger partial charge in [0.2, 0.25) is 0 Å². The molecule has 0 aliphatic carbocycles. The number of hydrogen-bond acceptors (Lipinski definition) is 12. The van der Waals surface area contributed by atoms with Crippen LogP contribution in [0.1, 0.15) is 45.1 Å². The van der Waals surface area contributed by atoms with Crippen LogP contribution in [0.15, 0.2) is 36.9 Å². The third-order valence-electron chi connectivity index (χ3n) is 6.13. The van der Waals surface area contributed by atoms with Crippen LogP contribution in [0.25, 0.3) is 11.2 Å². The van der Waals surface area contributed by atoms with Gasteiger partial charge >= 0.3 is 7.82 Å². The van der Waals surface area contributed by atoms with Crippen LogP contribution in [0.2, 0.25) is 0 Å². The van der Waals surface area contributed by atoms with Crippen molar-refractivity contribution < 1.29 is 32.5 Å². The van der Waals surface area contributed by atoms with Crippen LogP contribution >= 0.6 is 7.82 Å². The molecule has 3 unspecified atom stereocenters. The maximum atomic E-state index is 13.9. The molecule has 38 heavy (non-hydrogen) atoms. The maximum Gasteiger partial charge on any atom is 0.475 e. The molecule has 2 aromatic heterocycles. The molecule has 0 amide bonds. The topological polar surface area (TPSA) is 176 Å². The van der Waals surface area contributed by atoms with Crippen LogP contribution in [-0.2, 0) is 27.6 Å². The number of anilines is 1. The average Bonchev–Trinajstić information content (AvgIpc) is 3.47. The molecule has 4 rings (SSSR count). The Balaban J connectivity index is 1.62. The summed E-state index contributed by atoms with van der Waals surface area (Å²) in [6.07, 6.45) is 0.0640. The normalized spacial score (nSPS) is 22.4. The molecule has 206 valence electrons. The number of rotatable bonds is 10. The van der Waals surface area contributed by atoms with Crippen LogP contribution in [0.3, 0.4) is 0 Å². The van der Waals surface area contributed by atoms with E-state index >= 15 is 0 Å². The third kappa shape index (κ3) is 5.70. The number of para-hydroxylation sites is 1. The van der Waals surface area contributed by atoms with Crippen LogP contribution < -0.4 is 5.73 Å². The Morgan fingerprint density at radius 2 is 2.00 bits per heavy atom. The summed E-state index contributed by atoms with van der Waals surface area (Å²) in [5.74, 6) is 0.230. The number of nitro benzene ring substituents is 1. The number of aromatic nitrogens is 4. The SMILES string of the molecule is COC[C@H]1O[C@@H](n2cnc3c(N)ncnc32)CC1OP(=O)(OC)OC(c1ccccc1[N+](=O)[O-])C(C)(C)C. The minimum atomic E-state index is -4.27. The molecular formula is C23H31N6O8P. The Kier molecular flexibility index (Phi) is 8.12. The quantitative estimate of drug-likeness (QED) is 0.217. The summed E-state index contributed by atoms with van der Waals surface area (Å²) in [5, 5.41) is 11.7. The highest BCUT2D eigenvalue weighted by atomic mass is 31.2. The van der Waals surface area contributed by atoms with Gasteiger partial charge in [0, 0.05) is 26.7 Å². The second-order valence-electron chi connectivity index (χ2n) is 9.84. The number of nitro groups is 1. The Hall–Kier alpha value is -3.00. The predicted octanol–water partition coefficient (Wildman–Crippen LogP) is 4.19. The fourth-order valence-corrected chi connectivity index (χ4v) is 5.80. The van der Waals surface area contributed by atoms with Gasteiger partial charge in [-0.1, -0.05) is 32.9 Å². The van der Waals surface area contributed by atoms with Crippen molar-refractivity contribution in [2.45, 2.75) is 51.7 Å². The zero-order valence-electron chi connectivity index (χ0n) is 21.7. The van der Waals surface area contributed by atoms with Crippen molar-refractivity contribution in [2.24, 2.45) is 5.41 Å². The summed E-state index contributed by atoms with van der Waals surface area (Å²) in [6, 6.07) is 6.14. The van der Waals surface area contributed by atoms with Gasteiger partial charge in [0.15, 0.2) is 11.5 Å². The lowest BCUT2D eigenvalue weighted by Gasteiger charge is -2.33. The molecule has 0 saturated carbocycles. The van der Waals surface area contributed by atoms with Crippen LogP contribution in [0.5, 0.6) is 0 Å². The summed E-state index contributed by atoms with van der Waals surface area (Å²) in [6.45, 7) is 5.57. The highest BCUT2D eigenvalue weighted by molar-refractivity contribution is 7.48. The van der Waals surface area contributed by atoms with E-state index in [0.29, 0.717) is 11.2 Å². The van der Waals surface area contributed by atoms with Crippen molar-refractivity contribution in [1.82, 2.24) is 19.5 Å². The number of nitrogens with zero attached hydrogens (tertiary/aromatic N) is 5. The highest BCUT2D eigenvalue weighted by Crippen LogP contribution is 2.59. The van der Waals surface area contributed by atoms with E-state index in [1.807, 2.05) is 20.8 Å². The molecule has 14 nitrogen and oxygen atoms in total. The van der Waals surface area contributed by atoms with Crippen molar-refractivity contribution in [3.8, 4) is 0 Å². The van der Waals surface area contributed by atoms with Crippen molar-refractivity contribution >= 4 is 30.5 Å². The molecule has 0 radical (unpaired) electrons. The lowest BCUT2D eigenvalue weighted by Crippen LogP contribution is -2.29. The molecule has 1 aliphatic heterocycles. The summed E-state index contributed by atoms with van der Waals surface area (Å²) in [5.41, 5.74) is 6.18. The molecule has 1 aromatic carbocycles. The van der Waals surface area contributed by atoms with Gasteiger partial charge in [0.25, 0.3) is 5.69 Å². The molecule has 1 aliphatic rings. The fourth-order valence-electron chi connectivity index (χ4n) is 4.34. The van der Waals surface area contributed by atoms with Crippen molar-refractivity contribution in [3.63, 3.8) is 0 Å². The minimum absolute atomic E-state index is 0.126. The largest absolute Gasteiger partial charge is 0.475 e. The smallest absolute Gasteiger partial charge is 0.382 e. The zero-order valence-corrected chi connectivity index (χ0v) is 22.6.